The summed E-state index contributed by atoms with van der Waals surface area (Å²) in [6.07, 6.45) is 1.71. The third-order valence-corrected chi connectivity index (χ3v) is 5.44. The number of thioether (sulfide) groups is 1. The molecule has 1 fully saturated rings. The maximum absolute atomic E-state index is 12.7. The van der Waals surface area contributed by atoms with Crippen LogP contribution in [0.1, 0.15) is 16.7 Å². The largest absolute Gasteiger partial charge is 0.493 e. The highest BCUT2D eigenvalue weighted by atomic mass is 32.2. The van der Waals surface area contributed by atoms with Gasteiger partial charge in [-0.15, -0.1) is 0 Å². The van der Waals surface area contributed by atoms with E-state index in [0.29, 0.717) is 22.2 Å². The SMILES string of the molecule is COc1cc(C)c(C=C2SC(=O)N(CCOc3ccc(C)cc3)C2=O)cc1OC. The van der Waals surface area contributed by atoms with Crippen molar-refractivity contribution in [2.24, 2.45) is 0 Å². The van der Waals surface area contributed by atoms with Crippen LogP contribution in [0, 0.1) is 13.8 Å². The number of carbonyl (C=O) groups is 2. The van der Waals surface area contributed by atoms with Gasteiger partial charge in [0.25, 0.3) is 11.1 Å². The van der Waals surface area contributed by atoms with Crippen LogP contribution in [-0.4, -0.2) is 43.4 Å². The van der Waals surface area contributed by atoms with Crippen molar-refractivity contribution in [3.8, 4) is 17.2 Å². The first-order valence-corrected chi connectivity index (χ1v) is 9.92. The van der Waals surface area contributed by atoms with Gasteiger partial charge in [-0.2, -0.15) is 0 Å². The van der Waals surface area contributed by atoms with Crippen LogP contribution in [0.4, 0.5) is 4.79 Å². The Kier molecular flexibility index (Phi) is 6.49. The Morgan fingerprint density at radius 3 is 2.31 bits per heavy atom. The molecule has 0 bridgehead atoms. The topological polar surface area (TPSA) is 65.1 Å². The van der Waals surface area contributed by atoms with Gasteiger partial charge >= 0.3 is 0 Å². The van der Waals surface area contributed by atoms with Crippen LogP contribution in [-0.2, 0) is 4.79 Å². The molecule has 2 aromatic carbocycles. The number of carbonyl (C=O) groups excluding carboxylic acids is 2. The van der Waals surface area contributed by atoms with E-state index in [4.69, 9.17) is 14.2 Å². The van der Waals surface area contributed by atoms with Gasteiger partial charge in [-0.25, -0.2) is 0 Å². The Balaban J connectivity index is 1.70. The molecule has 0 atom stereocenters. The lowest BCUT2D eigenvalue weighted by atomic mass is 10.1. The molecule has 0 spiro atoms. The molecule has 0 radical (unpaired) electrons. The minimum absolute atomic E-state index is 0.195. The quantitative estimate of drug-likeness (QED) is 0.626. The standard InChI is InChI=1S/C22H23NO5S/c1-14-5-7-17(8-6-14)28-10-9-23-21(24)20(29-22(23)25)13-16-12-19(27-4)18(26-3)11-15(16)2/h5-8,11-13H,9-10H2,1-4H3. The number of hydrogen-bond donors (Lipinski definition) is 0. The molecule has 2 amide bonds. The minimum atomic E-state index is -0.318. The first-order valence-electron chi connectivity index (χ1n) is 9.10. The smallest absolute Gasteiger partial charge is 0.293 e. The van der Waals surface area contributed by atoms with Gasteiger partial charge < -0.3 is 14.2 Å². The molecule has 0 N–H and O–H groups in total. The van der Waals surface area contributed by atoms with E-state index in [2.05, 4.69) is 0 Å². The molecular weight excluding hydrogens is 390 g/mol. The summed E-state index contributed by atoms with van der Waals surface area (Å²) in [7, 11) is 3.12. The number of nitrogens with zero attached hydrogens (tertiary/aromatic N) is 1. The van der Waals surface area contributed by atoms with Crippen molar-refractivity contribution in [2.75, 3.05) is 27.4 Å². The van der Waals surface area contributed by atoms with E-state index in [-0.39, 0.29) is 24.3 Å². The van der Waals surface area contributed by atoms with E-state index in [9.17, 15) is 9.59 Å². The highest BCUT2D eigenvalue weighted by Crippen LogP contribution is 2.35. The van der Waals surface area contributed by atoms with Crippen LogP contribution < -0.4 is 14.2 Å². The highest BCUT2D eigenvalue weighted by Gasteiger charge is 2.35. The summed E-state index contributed by atoms with van der Waals surface area (Å²) < 4.78 is 16.3. The molecule has 1 aliphatic rings. The number of benzene rings is 2. The number of ether oxygens (including phenoxy) is 3. The predicted octanol–water partition coefficient (Wildman–Crippen LogP) is 4.44. The lowest BCUT2D eigenvalue weighted by Crippen LogP contribution is -2.32. The Bertz CT molecular complexity index is 952. The molecule has 1 aliphatic heterocycles. The molecule has 152 valence electrons. The first kappa shape index (κ1) is 20.8. The fraction of sp³-hybridized carbons (Fsp3) is 0.273. The summed E-state index contributed by atoms with van der Waals surface area (Å²) in [4.78, 5) is 26.6. The van der Waals surface area contributed by atoms with Crippen LogP contribution in [0.25, 0.3) is 6.08 Å². The zero-order valence-corrected chi connectivity index (χ0v) is 17.7. The summed E-state index contributed by atoms with van der Waals surface area (Å²) in [5, 5.41) is -0.299. The zero-order valence-electron chi connectivity index (χ0n) is 16.9. The Morgan fingerprint density at radius 2 is 1.66 bits per heavy atom. The molecule has 0 unspecified atom stereocenters. The molecule has 7 heteroatoms. The number of aryl methyl sites for hydroxylation is 2. The van der Waals surface area contributed by atoms with Gasteiger partial charge in [-0.1, -0.05) is 17.7 Å². The van der Waals surface area contributed by atoms with Crippen LogP contribution in [0.3, 0.4) is 0 Å². The van der Waals surface area contributed by atoms with E-state index in [0.717, 1.165) is 28.5 Å². The normalized spacial score (nSPS) is 15.2. The molecule has 6 nitrogen and oxygen atoms in total. The van der Waals surface area contributed by atoms with E-state index in [1.165, 1.54) is 4.90 Å². The predicted molar refractivity (Wildman–Crippen MR) is 114 cm³/mol. The second kappa shape index (κ2) is 9.05. The second-order valence-electron chi connectivity index (χ2n) is 6.56. The Morgan fingerprint density at radius 1 is 1.00 bits per heavy atom. The minimum Gasteiger partial charge on any atom is -0.493 e. The summed E-state index contributed by atoms with van der Waals surface area (Å²) in [5.74, 6) is 1.57. The van der Waals surface area contributed by atoms with Crippen LogP contribution in [0.2, 0.25) is 0 Å². The van der Waals surface area contributed by atoms with Gasteiger partial charge in [0, 0.05) is 0 Å². The van der Waals surface area contributed by atoms with E-state index in [1.807, 2.05) is 44.2 Å². The maximum Gasteiger partial charge on any atom is 0.293 e. The summed E-state index contributed by atoms with van der Waals surface area (Å²) in [6.45, 7) is 4.34. The molecule has 0 saturated carbocycles. The number of hydrogen-bond acceptors (Lipinski definition) is 6. The first-order chi connectivity index (χ1) is 13.9. The van der Waals surface area contributed by atoms with Crippen LogP contribution >= 0.6 is 11.8 Å². The van der Waals surface area contributed by atoms with E-state index >= 15 is 0 Å². The maximum atomic E-state index is 12.7. The van der Waals surface area contributed by atoms with Crippen molar-refractivity contribution in [1.82, 2.24) is 4.90 Å². The Labute approximate surface area is 174 Å². The zero-order chi connectivity index (χ0) is 21.0. The Hall–Kier alpha value is -2.93. The van der Waals surface area contributed by atoms with Gasteiger partial charge in [0.2, 0.25) is 0 Å². The van der Waals surface area contributed by atoms with Gasteiger partial charge in [0.05, 0.1) is 25.7 Å². The molecule has 2 aromatic rings. The van der Waals surface area contributed by atoms with E-state index < -0.39 is 0 Å². The second-order valence-corrected chi connectivity index (χ2v) is 7.55. The molecular formula is C22H23NO5S. The fourth-order valence-corrected chi connectivity index (χ4v) is 3.73. The monoisotopic (exact) mass is 413 g/mol. The average Bonchev–Trinajstić information content (AvgIpc) is 2.98. The number of amides is 2. The van der Waals surface area contributed by atoms with E-state index in [1.54, 1.807) is 26.4 Å². The highest BCUT2D eigenvalue weighted by molar-refractivity contribution is 8.18. The summed E-state index contributed by atoms with van der Waals surface area (Å²) in [6, 6.07) is 11.3. The van der Waals surface area contributed by atoms with Gasteiger partial charge in [-0.3, -0.25) is 14.5 Å². The molecule has 29 heavy (non-hydrogen) atoms. The van der Waals surface area contributed by atoms with Crippen molar-refractivity contribution in [3.63, 3.8) is 0 Å². The van der Waals surface area contributed by atoms with Gasteiger partial charge in [0.15, 0.2) is 11.5 Å². The van der Waals surface area contributed by atoms with Crippen molar-refractivity contribution in [3.05, 3.63) is 58.0 Å². The van der Waals surface area contributed by atoms with Crippen molar-refractivity contribution in [2.45, 2.75) is 13.8 Å². The molecule has 0 aromatic heterocycles. The van der Waals surface area contributed by atoms with Crippen molar-refractivity contribution < 1.29 is 23.8 Å². The van der Waals surface area contributed by atoms with Crippen LogP contribution in [0.15, 0.2) is 41.3 Å². The lowest BCUT2D eigenvalue weighted by molar-refractivity contribution is -0.123. The van der Waals surface area contributed by atoms with Crippen molar-refractivity contribution >= 4 is 29.0 Å². The molecule has 3 rings (SSSR count). The third-order valence-electron chi connectivity index (χ3n) is 4.54. The molecule has 1 heterocycles. The lowest BCUT2D eigenvalue weighted by Gasteiger charge is -2.13. The third kappa shape index (κ3) is 4.74. The number of imide groups is 1. The van der Waals surface area contributed by atoms with Gasteiger partial charge in [0.1, 0.15) is 12.4 Å². The van der Waals surface area contributed by atoms with Crippen molar-refractivity contribution in [1.29, 1.82) is 0 Å². The fourth-order valence-electron chi connectivity index (χ4n) is 2.88. The average molecular weight is 413 g/mol. The molecule has 0 aliphatic carbocycles. The van der Waals surface area contributed by atoms with Gasteiger partial charge in [-0.05, 0) is 67.1 Å². The van der Waals surface area contributed by atoms with Crippen LogP contribution in [0.5, 0.6) is 17.2 Å². The number of rotatable bonds is 7. The summed E-state index contributed by atoms with van der Waals surface area (Å²) >= 11 is 0.928. The summed E-state index contributed by atoms with van der Waals surface area (Å²) in [5.41, 5.74) is 2.85. The number of methoxy groups -OCH3 is 2. The molecule has 1 saturated heterocycles.